The van der Waals surface area contributed by atoms with E-state index in [4.69, 9.17) is 49.3 Å². The van der Waals surface area contributed by atoms with Gasteiger partial charge in [-0.1, -0.05) is 41.4 Å². The number of nitriles is 1. The summed E-state index contributed by atoms with van der Waals surface area (Å²) < 4.78 is 11.6. The van der Waals surface area contributed by atoms with Gasteiger partial charge in [0.2, 0.25) is 0 Å². The third-order valence-corrected chi connectivity index (χ3v) is 6.48. The van der Waals surface area contributed by atoms with Crippen molar-refractivity contribution in [3.63, 3.8) is 0 Å². The summed E-state index contributed by atoms with van der Waals surface area (Å²) in [6, 6.07) is 14.2. The lowest BCUT2D eigenvalue weighted by molar-refractivity contribution is 0.339. The Labute approximate surface area is 144 Å². The van der Waals surface area contributed by atoms with Crippen LogP contribution < -0.4 is 9.83 Å². The van der Waals surface area contributed by atoms with Crippen LogP contribution in [0.2, 0.25) is 10.0 Å². The lowest BCUT2D eigenvalue weighted by Gasteiger charge is -2.23. The van der Waals surface area contributed by atoms with Crippen molar-refractivity contribution < 1.29 is 9.05 Å². The molecule has 0 N–H and O–H groups in total. The molecule has 0 radical (unpaired) electrons. The molecule has 22 heavy (non-hydrogen) atoms. The molecule has 3 nitrogen and oxygen atoms in total. The second kappa shape index (κ2) is 7.46. The maximum absolute atomic E-state index is 8.96. The Balaban J connectivity index is 2.44. The Kier molecular flexibility index (Phi) is 5.86. The summed E-state index contributed by atoms with van der Waals surface area (Å²) in [6.45, 7) is -0.498. The van der Waals surface area contributed by atoms with Crippen LogP contribution in [0.5, 0.6) is 5.75 Å². The number of nitrogens with zero attached hydrogens (tertiary/aromatic N) is 1. The number of benzene rings is 2. The molecule has 1 atom stereocenters. The molecule has 114 valence electrons. The molecular formula is C15H12Cl2NO2PS. The monoisotopic (exact) mass is 371 g/mol. The minimum Gasteiger partial charge on any atom is -0.439 e. The van der Waals surface area contributed by atoms with Gasteiger partial charge in [0, 0.05) is 11.4 Å². The molecule has 0 aliphatic rings. The summed E-state index contributed by atoms with van der Waals surface area (Å²) in [4.78, 5) is 0. The second-order valence-electron chi connectivity index (χ2n) is 4.22. The number of hydrogen-bond acceptors (Lipinski definition) is 4. The first kappa shape index (κ1) is 17.3. The van der Waals surface area contributed by atoms with Gasteiger partial charge in [-0.2, -0.15) is 5.26 Å². The van der Waals surface area contributed by atoms with Crippen molar-refractivity contribution in [3.05, 3.63) is 58.1 Å². The fraction of sp³-hybridized carbons (Fsp3) is 0.133. The van der Waals surface area contributed by atoms with Gasteiger partial charge in [-0.3, -0.25) is 0 Å². The molecule has 0 saturated carbocycles. The van der Waals surface area contributed by atoms with Crippen LogP contribution in [0.4, 0.5) is 0 Å². The smallest absolute Gasteiger partial charge is 0.269 e. The van der Waals surface area contributed by atoms with E-state index in [1.54, 1.807) is 0 Å². The third kappa shape index (κ3) is 3.81. The van der Waals surface area contributed by atoms with Crippen molar-refractivity contribution in [3.8, 4) is 11.8 Å². The summed E-state index contributed by atoms with van der Waals surface area (Å²) >= 11 is 17.8. The van der Waals surface area contributed by atoms with Crippen LogP contribution in [0.3, 0.4) is 0 Å². The molecule has 0 fully saturated rings. The Hall–Kier alpha value is -1.08. The Bertz CT molecular complexity index is 762. The van der Waals surface area contributed by atoms with E-state index in [-0.39, 0.29) is 15.6 Å². The summed E-state index contributed by atoms with van der Waals surface area (Å²) in [7, 11) is 0. The summed E-state index contributed by atoms with van der Waals surface area (Å²) in [6.07, 6.45) is 0. The zero-order chi connectivity index (χ0) is 16.2. The topological polar surface area (TPSA) is 42.2 Å². The normalized spacial score (nSPS) is 13.2. The van der Waals surface area contributed by atoms with E-state index in [0.29, 0.717) is 12.4 Å². The van der Waals surface area contributed by atoms with Crippen LogP contribution >= 0.6 is 29.7 Å². The van der Waals surface area contributed by atoms with Gasteiger partial charge >= 0.3 is 0 Å². The zero-order valence-corrected chi connectivity index (χ0v) is 14.8. The summed E-state index contributed by atoms with van der Waals surface area (Å²) in [5.74, 6) is 0.311. The Morgan fingerprint density at radius 1 is 1.18 bits per heavy atom. The van der Waals surface area contributed by atoms with Crippen molar-refractivity contribution in [1.29, 1.82) is 5.26 Å². The first-order valence-corrected chi connectivity index (χ1v) is 9.78. The molecule has 0 aliphatic carbocycles. The van der Waals surface area contributed by atoms with Gasteiger partial charge in [-0.15, -0.1) is 0 Å². The highest BCUT2D eigenvalue weighted by Crippen LogP contribution is 2.49. The molecule has 0 saturated heterocycles. The molecule has 1 unspecified atom stereocenters. The van der Waals surface area contributed by atoms with Gasteiger partial charge < -0.3 is 9.05 Å². The van der Waals surface area contributed by atoms with Crippen LogP contribution in [0, 0.1) is 11.3 Å². The van der Waals surface area contributed by atoms with Gasteiger partial charge in [0.15, 0.2) is 0 Å². The Morgan fingerprint density at radius 2 is 1.86 bits per heavy atom. The van der Waals surface area contributed by atoms with E-state index in [9.17, 15) is 0 Å². The van der Waals surface area contributed by atoms with Gasteiger partial charge in [-0.25, -0.2) is 0 Å². The van der Waals surface area contributed by atoms with Crippen molar-refractivity contribution in [2.75, 3.05) is 6.61 Å². The lowest BCUT2D eigenvalue weighted by atomic mass is 10.2. The van der Waals surface area contributed by atoms with E-state index in [1.807, 2.05) is 43.3 Å². The maximum Gasteiger partial charge on any atom is 0.269 e. The summed E-state index contributed by atoms with van der Waals surface area (Å²) in [5.41, 5.74) is 0.281. The van der Waals surface area contributed by atoms with Crippen LogP contribution in [-0.2, 0) is 16.3 Å². The Morgan fingerprint density at radius 3 is 2.45 bits per heavy atom. The van der Waals surface area contributed by atoms with Gasteiger partial charge in [0.05, 0.1) is 22.2 Å². The highest BCUT2D eigenvalue weighted by atomic mass is 35.5. The average molecular weight is 372 g/mol. The largest absolute Gasteiger partial charge is 0.439 e. The fourth-order valence-electron chi connectivity index (χ4n) is 1.75. The van der Waals surface area contributed by atoms with Crippen molar-refractivity contribution in [2.24, 2.45) is 0 Å². The lowest BCUT2D eigenvalue weighted by Crippen LogP contribution is -2.12. The number of hydrogen-bond donors (Lipinski definition) is 0. The van der Waals surface area contributed by atoms with Crippen LogP contribution in [0.25, 0.3) is 0 Å². The first-order valence-electron chi connectivity index (χ1n) is 6.39. The van der Waals surface area contributed by atoms with E-state index in [0.717, 1.165) is 5.30 Å². The van der Waals surface area contributed by atoms with E-state index >= 15 is 0 Å². The van der Waals surface area contributed by atoms with Gasteiger partial charge in [0.1, 0.15) is 11.8 Å². The number of halogens is 2. The van der Waals surface area contributed by atoms with Gasteiger partial charge in [-0.05, 0) is 36.9 Å². The van der Waals surface area contributed by atoms with Crippen LogP contribution in [-0.4, -0.2) is 6.61 Å². The first-order chi connectivity index (χ1) is 10.5. The SMILES string of the molecule is CCOP(=S)(Oc1cc(Cl)c(C#N)cc1Cl)c1ccccc1. The van der Waals surface area contributed by atoms with E-state index < -0.39 is 6.49 Å². The third-order valence-electron chi connectivity index (χ3n) is 2.73. The molecule has 0 spiro atoms. The quantitative estimate of drug-likeness (QED) is 0.699. The summed E-state index contributed by atoms with van der Waals surface area (Å²) in [5, 5.41) is 10.3. The average Bonchev–Trinajstić information content (AvgIpc) is 2.51. The fourth-order valence-corrected chi connectivity index (χ4v) is 4.72. The highest BCUT2D eigenvalue weighted by molar-refractivity contribution is 8.13. The zero-order valence-electron chi connectivity index (χ0n) is 11.6. The molecule has 2 aromatic rings. The second-order valence-corrected chi connectivity index (χ2v) is 8.43. The highest BCUT2D eigenvalue weighted by Gasteiger charge is 2.24. The predicted molar refractivity (Wildman–Crippen MR) is 93.8 cm³/mol. The molecule has 0 bridgehead atoms. The van der Waals surface area contributed by atoms with Crippen LogP contribution in [0.15, 0.2) is 42.5 Å². The molecule has 0 aromatic heterocycles. The van der Waals surface area contributed by atoms with Gasteiger partial charge in [0.25, 0.3) is 6.49 Å². The molecular weight excluding hydrogens is 360 g/mol. The van der Waals surface area contributed by atoms with Crippen molar-refractivity contribution in [1.82, 2.24) is 0 Å². The molecule has 0 aliphatic heterocycles. The maximum atomic E-state index is 8.96. The van der Waals surface area contributed by atoms with E-state index in [2.05, 4.69) is 0 Å². The standard InChI is InChI=1S/C15H12Cl2NO2PS/c1-2-19-21(22,12-6-4-3-5-7-12)20-15-9-13(16)11(10-18)8-14(15)17/h3-9H,2H2,1H3. The van der Waals surface area contributed by atoms with Crippen LogP contribution in [0.1, 0.15) is 12.5 Å². The van der Waals surface area contributed by atoms with Crippen molar-refractivity contribution in [2.45, 2.75) is 6.92 Å². The minimum absolute atomic E-state index is 0.257. The van der Waals surface area contributed by atoms with Crippen molar-refractivity contribution >= 4 is 46.8 Å². The molecule has 2 aromatic carbocycles. The number of rotatable bonds is 5. The molecule has 7 heteroatoms. The minimum atomic E-state index is -2.76. The molecule has 0 heterocycles. The predicted octanol–water partition coefficient (Wildman–Crippen LogP) is 4.92. The molecule has 0 amide bonds. The molecule has 2 rings (SSSR count). The van der Waals surface area contributed by atoms with E-state index in [1.165, 1.54) is 12.1 Å².